The summed E-state index contributed by atoms with van der Waals surface area (Å²) in [6.07, 6.45) is 12.8. The molecule has 96 valence electrons. The van der Waals surface area contributed by atoms with E-state index in [9.17, 15) is 0 Å². The lowest BCUT2D eigenvalue weighted by Crippen LogP contribution is -2.19. The van der Waals surface area contributed by atoms with Crippen LogP contribution in [0.1, 0.15) is 5.69 Å². The SMILES string of the molecule is C1=CCN2C=CC(c3ccc4ccccc4n3)=CC2=C1. The van der Waals surface area contributed by atoms with Crippen LogP contribution in [0.4, 0.5) is 0 Å². The molecule has 0 N–H and O–H groups in total. The molecule has 4 rings (SSSR count). The summed E-state index contributed by atoms with van der Waals surface area (Å²) in [5.41, 5.74) is 4.45. The van der Waals surface area contributed by atoms with Gasteiger partial charge in [0.1, 0.15) is 0 Å². The highest BCUT2D eigenvalue weighted by molar-refractivity contribution is 5.83. The maximum Gasteiger partial charge on any atom is 0.0711 e. The number of rotatable bonds is 1. The summed E-state index contributed by atoms with van der Waals surface area (Å²) in [5.74, 6) is 0. The predicted molar refractivity (Wildman–Crippen MR) is 82.8 cm³/mol. The first-order valence-corrected chi connectivity index (χ1v) is 6.80. The molecule has 0 fully saturated rings. The molecular formula is C18H14N2. The van der Waals surface area contributed by atoms with Gasteiger partial charge >= 0.3 is 0 Å². The van der Waals surface area contributed by atoms with E-state index in [2.05, 4.69) is 65.7 Å². The van der Waals surface area contributed by atoms with E-state index in [4.69, 9.17) is 4.98 Å². The van der Waals surface area contributed by atoms with Crippen LogP contribution in [-0.4, -0.2) is 16.4 Å². The molecule has 0 spiro atoms. The Kier molecular flexibility index (Phi) is 2.52. The van der Waals surface area contributed by atoms with Crippen LogP contribution in [0, 0.1) is 0 Å². The molecule has 2 aromatic rings. The summed E-state index contributed by atoms with van der Waals surface area (Å²) in [6, 6.07) is 12.4. The van der Waals surface area contributed by atoms with Crippen molar-refractivity contribution in [2.24, 2.45) is 0 Å². The zero-order valence-electron chi connectivity index (χ0n) is 11.0. The van der Waals surface area contributed by atoms with E-state index in [1.807, 2.05) is 12.1 Å². The first-order chi connectivity index (χ1) is 9.90. The van der Waals surface area contributed by atoms with Crippen molar-refractivity contribution >= 4 is 16.5 Å². The molecule has 1 aromatic heterocycles. The third-order valence-corrected chi connectivity index (χ3v) is 3.67. The van der Waals surface area contributed by atoms with Crippen molar-refractivity contribution in [1.29, 1.82) is 0 Å². The highest BCUT2D eigenvalue weighted by Crippen LogP contribution is 2.26. The van der Waals surface area contributed by atoms with Crippen molar-refractivity contribution in [3.63, 3.8) is 0 Å². The van der Waals surface area contributed by atoms with E-state index in [0.717, 1.165) is 23.3 Å². The molecule has 1 aromatic carbocycles. The molecule has 2 aliphatic rings. The van der Waals surface area contributed by atoms with Crippen LogP contribution in [0.3, 0.4) is 0 Å². The van der Waals surface area contributed by atoms with E-state index in [0.29, 0.717) is 0 Å². The van der Waals surface area contributed by atoms with Gasteiger partial charge in [-0.2, -0.15) is 0 Å². The molecule has 0 unspecified atom stereocenters. The topological polar surface area (TPSA) is 16.1 Å². The monoisotopic (exact) mass is 258 g/mol. The number of nitrogens with zero attached hydrogens (tertiary/aromatic N) is 2. The summed E-state index contributed by atoms with van der Waals surface area (Å²) in [4.78, 5) is 6.98. The number of pyridine rings is 1. The lowest BCUT2D eigenvalue weighted by atomic mass is 10.0. The second-order valence-electron chi connectivity index (χ2n) is 4.98. The van der Waals surface area contributed by atoms with Crippen molar-refractivity contribution in [2.45, 2.75) is 0 Å². The standard InChI is InChI=1S/C18H14N2/c1-2-7-17-14(5-1)8-9-18(19-17)15-10-12-20-11-4-3-6-16(20)13-15/h1-10,12-13H,11H2. The smallest absolute Gasteiger partial charge is 0.0711 e. The fourth-order valence-electron chi connectivity index (χ4n) is 2.58. The molecule has 0 saturated carbocycles. The van der Waals surface area contributed by atoms with E-state index >= 15 is 0 Å². The molecule has 2 heteroatoms. The van der Waals surface area contributed by atoms with Crippen LogP contribution in [0.15, 0.2) is 78.7 Å². The van der Waals surface area contributed by atoms with Gasteiger partial charge in [-0.15, -0.1) is 0 Å². The van der Waals surface area contributed by atoms with Crippen molar-refractivity contribution in [3.8, 4) is 0 Å². The third-order valence-electron chi connectivity index (χ3n) is 3.67. The Hall–Kier alpha value is -2.61. The van der Waals surface area contributed by atoms with Crippen molar-refractivity contribution in [2.75, 3.05) is 6.54 Å². The molecule has 0 bridgehead atoms. The van der Waals surface area contributed by atoms with Crippen LogP contribution < -0.4 is 0 Å². The molecule has 0 atom stereocenters. The maximum absolute atomic E-state index is 4.75. The maximum atomic E-state index is 4.75. The minimum atomic E-state index is 0.942. The zero-order chi connectivity index (χ0) is 13.4. The summed E-state index contributed by atoms with van der Waals surface area (Å²) >= 11 is 0. The number of hydrogen-bond donors (Lipinski definition) is 0. The summed E-state index contributed by atoms with van der Waals surface area (Å²) in [5, 5.41) is 1.18. The molecule has 2 aliphatic heterocycles. The Labute approximate surface area is 118 Å². The van der Waals surface area contributed by atoms with Crippen molar-refractivity contribution < 1.29 is 0 Å². The number of hydrogen-bond acceptors (Lipinski definition) is 2. The predicted octanol–water partition coefficient (Wildman–Crippen LogP) is 3.90. The Morgan fingerprint density at radius 2 is 2.00 bits per heavy atom. The number of para-hydroxylation sites is 1. The van der Waals surface area contributed by atoms with Crippen molar-refractivity contribution in [1.82, 2.24) is 9.88 Å². The molecule has 0 radical (unpaired) electrons. The minimum absolute atomic E-state index is 0.942. The summed E-state index contributed by atoms with van der Waals surface area (Å²) in [6.45, 7) is 0.942. The van der Waals surface area contributed by atoms with Crippen LogP contribution in [0.5, 0.6) is 0 Å². The molecule has 0 amide bonds. The lowest BCUT2D eigenvalue weighted by molar-refractivity contribution is 0.524. The van der Waals surface area contributed by atoms with E-state index in [1.54, 1.807) is 0 Å². The van der Waals surface area contributed by atoms with Crippen LogP contribution in [0.25, 0.3) is 16.5 Å². The number of fused-ring (bicyclic) bond motifs is 2. The summed E-state index contributed by atoms with van der Waals surface area (Å²) < 4.78 is 0. The Balaban J connectivity index is 1.79. The highest BCUT2D eigenvalue weighted by atomic mass is 15.1. The van der Waals surface area contributed by atoms with Gasteiger partial charge in [-0.25, -0.2) is 4.98 Å². The third kappa shape index (κ3) is 1.86. The Bertz CT molecular complexity index is 794. The van der Waals surface area contributed by atoms with Gasteiger partial charge in [-0.05, 0) is 30.4 Å². The Morgan fingerprint density at radius 1 is 1.05 bits per heavy atom. The minimum Gasteiger partial charge on any atom is -0.344 e. The fraction of sp³-hybridized carbons (Fsp3) is 0.0556. The average Bonchev–Trinajstić information content (AvgIpc) is 2.54. The van der Waals surface area contributed by atoms with Crippen LogP contribution >= 0.6 is 0 Å². The second-order valence-corrected chi connectivity index (χ2v) is 4.98. The van der Waals surface area contributed by atoms with Crippen LogP contribution in [-0.2, 0) is 0 Å². The van der Waals surface area contributed by atoms with E-state index in [1.165, 1.54) is 11.1 Å². The van der Waals surface area contributed by atoms with Gasteiger partial charge in [0.25, 0.3) is 0 Å². The van der Waals surface area contributed by atoms with Gasteiger partial charge in [0.05, 0.1) is 11.2 Å². The van der Waals surface area contributed by atoms with Gasteiger partial charge < -0.3 is 4.90 Å². The quantitative estimate of drug-likeness (QED) is 0.771. The fourth-order valence-corrected chi connectivity index (χ4v) is 2.58. The second kappa shape index (κ2) is 4.49. The van der Waals surface area contributed by atoms with Gasteiger partial charge in [-0.3, -0.25) is 0 Å². The highest BCUT2D eigenvalue weighted by Gasteiger charge is 2.12. The molecule has 0 saturated heterocycles. The van der Waals surface area contributed by atoms with Crippen molar-refractivity contribution in [3.05, 3.63) is 84.4 Å². The molecular weight excluding hydrogens is 244 g/mol. The first-order valence-electron chi connectivity index (χ1n) is 6.80. The molecule has 20 heavy (non-hydrogen) atoms. The number of aromatic nitrogens is 1. The van der Waals surface area contributed by atoms with E-state index < -0.39 is 0 Å². The molecule has 2 nitrogen and oxygen atoms in total. The Morgan fingerprint density at radius 3 is 3.00 bits per heavy atom. The van der Waals surface area contributed by atoms with Gasteiger partial charge in [0, 0.05) is 29.4 Å². The number of allylic oxidation sites excluding steroid dienone is 5. The van der Waals surface area contributed by atoms with Gasteiger partial charge in [0.15, 0.2) is 0 Å². The normalized spacial score (nSPS) is 16.9. The largest absolute Gasteiger partial charge is 0.344 e. The van der Waals surface area contributed by atoms with E-state index in [-0.39, 0.29) is 0 Å². The first kappa shape index (κ1) is 11.2. The van der Waals surface area contributed by atoms with Crippen LogP contribution in [0.2, 0.25) is 0 Å². The average molecular weight is 258 g/mol. The number of benzene rings is 1. The summed E-state index contributed by atoms with van der Waals surface area (Å²) in [7, 11) is 0. The van der Waals surface area contributed by atoms with Gasteiger partial charge in [0.2, 0.25) is 0 Å². The van der Waals surface area contributed by atoms with Gasteiger partial charge in [-0.1, -0.05) is 36.4 Å². The zero-order valence-corrected chi connectivity index (χ0v) is 11.0. The molecule has 0 aliphatic carbocycles. The lowest BCUT2D eigenvalue weighted by Gasteiger charge is -2.26. The molecule has 3 heterocycles.